The van der Waals surface area contributed by atoms with Crippen LogP contribution >= 0.6 is 11.6 Å². The molecular weight excluding hydrogens is 490 g/mol. The Morgan fingerprint density at radius 2 is 1.78 bits per heavy atom. The molecule has 0 unspecified atom stereocenters. The maximum atomic E-state index is 12.5. The molecule has 0 heterocycles. The lowest BCUT2D eigenvalue weighted by Crippen LogP contribution is -2.23. The number of amides is 2. The van der Waals surface area contributed by atoms with Crippen LogP contribution in [-0.4, -0.2) is 25.0 Å². The summed E-state index contributed by atoms with van der Waals surface area (Å²) in [5.41, 5.74) is 4.17. The van der Waals surface area contributed by atoms with Gasteiger partial charge in [0.05, 0.1) is 11.6 Å². The van der Waals surface area contributed by atoms with Gasteiger partial charge in [-0.15, -0.1) is 0 Å². The normalized spacial score (nSPS) is 10.8. The molecule has 0 bridgehead atoms. The third-order valence-corrected chi connectivity index (χ3v) is 5.72. The Labute approximate surface area is 221 Å². The number of nitriles is 1. The Hall–Kier alpha value is -4.28. The van der Waals surface area contributed by atoms with Gasteiger partial charge in [-0.2, -0.15) is 5.26 Å². The van der Waals surface area contributed by atoms with Crippen molar-refractivity contribution < 1.29 is 19.1 Å². The minimum atomic E-state index is -0.510. The highest BCUT2D eigenvalue weighted by atomic mass is 35.5. The number of rotatable bonds is 10. The van der Waals surface area contributed by atoms with E-state index >= 15 is 0 Å². The van der Waals surface area contributed by atoms with Gasteiger partial charge in [-0.05, 0) is 73.4 Å². The van der Waals surface area contributed by atoms with Gasteiger partial charge in [0.15, 0.2) is 18.1 Å². The van der Waals surface area contributed by atoms with Crippen LogP contribution in [0.1, 0.15) is 29.2 Å². The number of hydrogen-bond acceptors (Lipinski definition) is 5. The maximum Gasteiger partial charge on any atom is 0.262 e. The van der Waals surface area contributed by atoms with E-state index in [9.17, 15) is 14.9 Å². The summed E-state index contributed by atoms with van der Waals surface area (Å²) >= 11 is 6.45. The quantitative estimate of drug-likeness (QED) is 0.269. The fourth-order valence-corrected chi connectivity index (χ4v) is 3.69. The fourth-order valence-electron chi connectivity index (χ4n) is 3.42. The summed E-state index contributed by atoms with van der Waals surface area (Å²) in [5.74, 6) is -0.374. The Balaban J connectivity index is 1.72. The van der Waals surface area contributed by atoms with E-state index in [2.05, 4.69) is 10.6 Å². The Morgan fingerprint density at radius 1 is 1.03 bits per heavy atom. The summed E-state index contributed by atoms with van der Waals surface area (Å²) in [7, 11) is 0. The molecule has 0 spiro atoms. The fraction of sp³-hybridized carbons (Fsp3) is 0.207. The van der Waals surface area contributed by atoms with Crippen molar-refractivity contribution in [3.05, 3.63) is 93.5 Å². The second kappa shape index (κ2) is 13.1. The van der Waals surface area contributed by atoms with Gasteiger partial charge in [0.2, 0.25) is 0 Å². The molecule has 2 amide bonds. The van der Waals surface area contributed by atoms with Gasteiger partial charge >= 0.3 is 0 Å². The van der Waals surface area contributed by atoms with Gasteiger partial charge in [-0.1, -0.05) is 48.0 Å². The average Bonchev–Trinajstić information content (AvgIpc) is 2.88. The summed E-state index contributed by atoms with van der Waals surface area (Å²) < 4.78 is 11.4. The molecule has 3 rings (SSSR count). The zero-order valence-electron chi connectivity index (χ0n) is 20.9. The molecule has 0 aliphatic carbocycles. The second-order valence-electron chi connectivity index (χ2n) is 8.24. The van der Waals surface area contributed by atoms with Crippen LogP contribution in [0.5, 0.6) is 11.5 Å². The van der Waals surface area contributed by atoms with E-state index in [1.807, 2.05) is 68.4 Å². The van der Waals surface area contributed by atoms with Gasteiger partial charge in [0, 0.05) is 12.2 Å². The predicted molar refractivity (Wildman–Crippen MR) is 145 cm³/mol. The molecule has 0 atom stereocenters. The van der Waals surface area contributed by atoms with E-state index in [1.54, 1.807) is 19.1 Å². The van der Waals surface area contributed by atoms with Gasteiger partial charge in [-0.3, -0.25) is 9.59 Å². The van der Waals surface area contributed by atoms with Crippen molar-refractivity contribution in [2.24, 2.45) is 0 Å². The van der Waals surface area contributed by atoms with Crippen molar-refractivity contribution in [1.82, 2.24) is 5.32 Å². The lowest BCUT2D eigenvalue weighted by molar-refractivity contribution is -0.118. The first-order valence-electron chi connectivity index (χ1n) is 11.7. The highest BCUT2D eigenvalue weighted by Gasteiger charge is 2.16. The van der Waals surface area contributed by atoms with Gasteiger partial charge in [0.1, 0.15) is 11.6 Å². The van der Waals surface area contributed by atoms with Crippen LogP contribution in [0, 0.1) is 25.2 Å². The van der Waals surface area contributed by atoms with Crippen molar-refractivity contribution in [3.63, 3.8) is 0 Å². The average molecular weight is 518 g/mol. The molecule has 0 aliphatic rings. The maximum absolute atomic E-state index is 12.5. The topological polar surface area (TPSA) is 100 Å². The number of nitrogens with zero attached hydrogens (tertiary/aromatic N) is 1. The number of nitrogens with one attached hydrogen (secondary N) is 2. The first-order chi connectivity index (χ1) is 17.8. The molecule has 0 aliphatic heterocycles. The Morgan fingerprint density at radius 3 is 2.46 bits per heavy atom. The minimum absolute atomic E-state index is 0.0871. The number of benzene rings is 3. The van der Waals surface area contributed by atoms with E-state index in [0.717, 1.165) is 16.7 Å². The molecule has 190 valence electrons. The molecule has 7 nitrogen and oxygen atoms in total. The van der Waals surface area contributed by atoms with Crippen molar-refractivity contribution in [1.29, 1.82) is 5.26 Å². The van der Waals surface area contributed by atoms with Gasteiger partial charge < -0.3 is 20.1 Å². The third-order valence-electron chi connectivity index (χ3n) is 5.44. The predicted octanol–water partition coefficient (Wildman–Crippen LogP) is 5.60. The SMILES string of the molecule is CCOc1cc(/C=C(\C#N)C(=O)NCc2ccccc2)cc(Cl)c1OCC(=O)Nc1ccc(C)c(C)c1. The molecule has 0 aromatic heterocycles. The van der Waals surface area contributed by atoms with Crippen LogP contribution < -0.4 is 20.1 Å². The van der Waals surface area contributed by atoms with E-state index in [-0.39, 0.29) is 28.9 Å². The summed E-state index contributed by atoms with van der Waals surface area (Å²) in [6, 6.07) is 20.1. The van der Waals surface area contributed by atoms with E-state index < -0.39 is 5.91 Å². The van der Waals surface area contributed by atoms with E-state index in [1.165, 1.54) is 6.08 Å². The first kappa shape index (κ1) is 27.3. The summed E-state index contributed by atoms with van der Waals surface area (Å²) in [4.78, 5) is 25.0. The number of halogens is 1. The van der Waals surface area contributed by atoms with Crippen molar-refractivity contribution >= 4 is 35.2 Å². The van der Waals surface area contributed by atoms with Crippen molar-refractivity contribution in [2.45, 2.75) is 27.3 Å². The molecule has 0 saturated heterocycles. The molecule has 0 radical (unpaired) electrons. The van der Waals surface area contributed by atoms with Crippen LogP contribution in [-0.2, 0) is 16.1 Å². The van der Waals surface area contributed by atoms with Crippen LogP contribution in [0.2, 0.25) is 5.02 Å². The van der Waals surface area contributed by atoms with Gasteiger partial charge in [-0.25, -0.2) is 0 Å². The third kappa shape index (κ3) is 7.86. The van der Waals surface area contributed by atoms with Crippen LogP contribution in [0.25, 0.3) is 6.08 Å². The van der Waals surface area contributed by atoms with E-state index in [0.29, 0.717) is 30.2 Å². The minimum Gasteiger partial charge on any atom is -0.490 e. The summed E-state index contributed by atoms with van der Waals surface area (Å²) in [6.07, 6.45) is 1.42. The number of ether oxygens (including phenoxy) is 2. The molecule has 3 aromatic rings. The highest BCUT2D eigenvalue weighted by molar-refractivity contribution is 6.32. The molecule has 3 aromatic carbocycles. The molecule has 0 saturated carbocycles. The molecular formula is C29H28ClN3O4. The molecule has 0 fully saturated rings. The largest absolute Gasteiger partial charge is 0.490 e. The zero-order valence-corrected chi connectivity index (χ0v) is 21.7. The van der Waals surface area contributed by atoms with Crippen LogP contribution in [0.3, 0.4) is 0 Å². The van der Waals surface area contributed by atoms with Crippen LogP contribution in [0.15, 0.2) is 66.2 Å². The Bertz CT molecular complexity index is 1350. The van der Waals surface area contributed by atoms with Gasteiger partial charge in [0.25, 0.3) is 11.8 Å². The number of aryl methyl sites for hydroxylation is 2. The zero-order chi connectivity index (χ0) is 26.8. The Kier molecular flexibility index (Phi) is 9.70. The summed E-state index contributed by atoms with van der Waals surface area (Å²) in [5, 5.41) is 15.2. The lowest BCUT2D eigenvalue weighted by Gasteiger charge is -2.15. The molecule has 2 N–H and O–H groups in total. The molecule has 37 heavy (non-hydrogen) atoms. The van der Waals surface area contributed by atoms with E-state index in [4.69, 9.17) is 21.1 Å². The highest BCUT2D eigenvalue weighted by Crippen LogP contribution is 2.37. The number of carbonyl (C=O) groups is 2. The van der Waals surface area contributed by atoms with Crippen molar-refractivity contribution in [2.75, 3.05) is 18.5 Å². The number of hydrogen-bond donors (Lipinski definition) is 2. The summed E-state index contributed by atoms with van der Waals surface area (Å²) in [6.45, 7) is 6.09. The van der Waals surface area contributed by atoms with Crippen LogP contribution in [0.4, 0.5) is 5.69 Å². The second-order valence-corrected chi connectivity index (χ2v) is 8.64. The standard InChI is InChI=1S/C29H28ClN3O4/c1-4-36-26-15-22(13-23(16-31)29(35)32-17-21-8-6-5-7-9-21)14-25(30)28(26)37-18-27(34)33-24-11-10-19(2)20(3)12-24/h5-15H,4,17-18H2,1-3H3,(H,32,35)(H,33,34)/b23-13+. The number of anilines is 1. The number of carbonyl (C=O) groups excluding carboxylic acids is 2. The smallest absolute Gasteiger partial charge is 0.262 e. The molecule has 8 heteroatoms. The van der Waals surface area contributed by atoms with Crippen molar-refractivity contribution in [3.8, 4) is 17.6 Å². The first-order valence-corrected chi connectivity index (χ1v) is 12.1. The monoisotopic (exact) mass is 517 g/mol. The lowest BCUT2D eigenvalue weighted by atomic mass is 10.1.